The molecule has 1 N–H and O–H groups in total. The molecular formula is C17H28FN. The molecule has 1 atom stereocenters. The molecule has 0 bridgehead atoms. The summed E-state index contributed by atoms with van der Waals surface area (Å²) >= 11 is 0. The highest BCUT2D eigenvalue weighted by atomic mass is 19.1. The lowest BCUT2D eigenvalue weighted by atomic mass is 9.92. The Balaban J connectivity index is 2.54. The van der Waals surface area contributed by atoms with E-state index in [4.69, 9.17) is 0 Å². The number of benzene rings is 1. The van der Waals surface area contributed by atoms with Crippen molar-refractivity contribution in [2.45, 2.75) is 52.4 Å². The van der Waals surface area contributed by atoms with Gasteiger partial charge in [-0.1, -0.05) is 45.7 Å². The Morgan fingerprint density at radius 2 is 1.79 bits per heavy atom. The Kier molecular flexibility index (Phi) is 7.73. The van der Waals surface area contributed by atoms with E-state index in [1.807, 2.05) is 12.1 Å². The normalized spacial score (nSPS) is 12.9. The van der Waals surface area contributed by atoms with Gasteiger partial charge < -0.3 is 5.32 Å². The van der Waals surface area contributed by atoms with Crippen molar-refractivity contribution in [1.29, 1.82) is 0 Å². The summed E-state index contributed by atoms with van der Waals surface area (Å²) in [7, 11) is 0. The molecule has 0 heterocycles. The van der Waals surface area contributed by atoms with Crippen molar-refractivity contribution in [1.82, 2.24) is 5.32 Å². The second-order valence-electron chi connectivity index (χ2n) is 5.78. The average molecular weight is 265 g/mol. The topological polar surface area (TPSA) is 12.0 Å². The number of halogens is 1. The zero-order valence-electron chi connectivity index (χ0n) is 12.6. The molecule has 1 nitrogen and oxygen atoms in total. The lowest BCUT2D eigenvalue weighted by Crippen LogP contribution is -2.22. The van der Waals surface area contributed by atoms with Gasteiger partial charge in [0.05, 0.1) is 0 Å². The molecule has 0 saturated carbocycles. The third-order valence-corrected chi connectivity index (χ3v) is 3.49. The maximum Gasteiger partial charge on any atom is 0.123 e. The van der Waals surface area contributed by atoms with Crippen LogP contribution in [0, 0.1) is 11.7 Å². The lowest BCUT2D eigenvalue weighted by Gasteiger charge is -2.18. The van der Waals surface area contributed by atoms with Gasteiger partial charge in [0.1, 0.15) is 5.82 Å². The molecule has 0 aliphatic heterocycles. The summed E-state index contributed by atoms with van der Waals surface area (Å²) in [5.41, 5.74) is 1.26. The van der Waals surface area contributed by atoms with Gasteiger partial charge in [0.2, 0.25) is 0 Å². The molecule has 0 amide bonds. The van der Waals surface area contributed by atoms with Gasteiger partial charge in [0.25, 0.3) is 0 Å². The molecule has 2 heteroatoms. The molecule has 1 rings (SSSR count). The van der Waals surface area contributed by atoms with Crippen molar-refractivity contribution in [2.75, 3.05) is 13.1 Å². The van der Waals surface area contributed by atoms with Gasteiger partial charge in [-0.3, -0.25) is 0 Å². The summed E-state index contributed by atoms with van der Waals surface area (Å²) in [6.45, 7) is 8.77. The summed E-state index contributed by atoms with van der Waals surface area (Å²) in [6, 6.07) is 7.02. The highest BCUT2D eigenvalue weighted by molar-refractivity contribution is 5.20. The predicted molar refractivity (Wildman–Crippen MR) is 81.0 cm³/mol. The number of hydrogen-bond acceptors (Lipinski definition) is 1. The third-order valence-electron chi connectivity index (χ3n) is 3.49. The van der Waals surface area contributed by atoms with Crippen molar-refractivity contribution in [3.8, 4) is 0 Å². The first-order valence-electron chi connectivity index (χ1n) is 7.59. The largest absolute Gasteiger partial charge is 0.316 e. The molecule has 0 radical (unpaired) electrons. The Morgan fingerprint density at radius 1 is 1.11 bits per heavy atom. The van der Waals surface area contributed by atoms with E-state index >= 15 is 0 Å². The number of hydrogen-bond donors (Lipinski definition) is 1. The molecule has 1 aromatic carbocycles. The fraction of sp³-hybridized carbons (Fsp3) is 0.647. The number of nitrogens with one attached hydrogen (secondary N) is 1. The van der Waals surface area contributed by atoms with E-state index in [0.717, 1.165) is 25.4 Å². The Bertz CT molecular complexity index is 332. The molecule has 1 aromatic rings. The Labute approximate surface area is 117 Å². The zero-order valence-corrected chi connectivity index (χ0v) is 12.6. The van der Waals surface area contributed by atoms with Gasteiger partial charge in [-0.25, -0.2) is 4.39 Å². The van der Waals surface area contributed by atoms with Crippen LogP contribution in [0.1, 0.15) is 57.9 Å². The van der Waals surface area contributed by atoms with E-state index in [1.54, 1.807) is 12.1 Å². The maximum atomic E-state index is 13.0. The van der Waals surface area contributed by atoms with Crippen LogP contribution in [0.25, 0.3) is 0 Å². The molecule has 0 saturated heterocycles. The summed E-state index contributed by atoms with van der Waals surface area (Å²) in [4.78, 5) is 0. The zero-order chi connectivity index (χ0) is 14.1. The lowest BCUT2D eigenvalue weighted by molar-refractivity contribution is 0.479. The molecule has 1 unspecified atom stereocenters. The second-order valence-corrected chi connectivity index (χ2v) is 5.78. The van der Waals surface area contributed by atoms with E-state index < -0.39 is 0 Å². The van der Waals surface area contributed by atoms with Crippen molar-refractivity contribution in [3.05, 3.63) is 35.6 Å². The van der Waals surface area contributed by atoms with E-state index in [2.05, 4.69) is 26.1 Å². The first-order valence-corrected chi connectivity index (χ1v) is 7.59. The Morgan fingerprint density at radius 3 is 2.37 bits per heavy atom. The first-order chi connectivity index (χ1) is 9.13. The van der Waals surface area contributed by atoms with Gasteiger partial charge in [-0.15, -0.1) is 0 Å². The predicted octanol–water partition coefficient (Wildman–Crippen LogP) is 4.74. The molecule has 0 aromatic heterocycles. The summed E-state index contributed by atoms with van der Waals surface area (Å²) < 4.78 is 13.0. The smallest absolute Gasteiger partial charge is 0.123 e. The van der Waals surface area contributed by atoms with Crippen LogP contribution in [0.5, 0.6) is 0 Å². The van der Waals surface area contributed by atoms with Crippen molar-refractivity contribution in [2.24, 2.45) is 5.92 Å². The van der Waals surface area contributed by atoms with Crippen LogP contribution >= 0.6 is 0 Å². The van der Waals surface area contributed by atoms with Gasteiger partial charge in [0, 0.05) is 6.54 Å². The van der Waals surface area contributed by atoms with E-state index in [1.165, 1.54) is 24.8 Å². The quantitative estimate of drug-likeness (QED) is 0.636. The van der Waals surface area contributed by atoms with Crippen LogP contribution in [0.15, 0.2) is 24.3 Å². The highest BCUT2D eigenvalue weighted by Gasteiger charge is 2.11. The van der Waals surface area contributed by atoms with Crippen molar-refractivity contribution in [3.63, 3.8) is 0 Å². The van der Waals surface area contributed by atoms with Crippen LogP contribution in [-0.2, 0) is 0 Å². The minimum atomic E-state index is -0.147. The summed E-state index contributed by atoms with van der Waals surface area (Å²) in [5.74, 6) is 1.12. The van der Waals surface area contributed by atoms with Gasteiger partial charge in [-0.05, 0) is 48.9 Å². The Hall–Kier alpha value is -0.890. The monoisotopic (exact) mass is 265 g/mol. The molecule has 0 fully saturated rings. The van der Waals surface area contributed by atoms with Crippen LogP contribution in [0.4, 0.5) is 4.39 Å². The standard InChI is InChI=1S/C17H28FN/c1-4-12-19-13-16(7-5-6-14(2)3)15-8-10-17(18)11-9-15/h8-11,14,16,19H,4-7,12-13H2,1-3H3. The molecule has 19 heavy (non-hydrogen) atoms. The summed E-state index contributed by atoms with van der Waals surface area (Å²) in [5, 5.41) is 3.49. The van der Waals surface area contributed by atoms with Crippen LogP contribution in [-0.4, -0.2) is 13.1 Å². The van der Waals surface area contributed by atoms with Crippen molar-refractivity contribution < 1.29 is 4.39 Å². The molecule has 0 spiro atoms. The molecule has 0 aliphatic rings. The van der Waals surface area contributed by atoms with Crippen LogP contribution in [0.2, 0.25) is 0 Å². The highest BCUT2D eigenvalue weighted by Crippen LogP contribution is 2.23. The van der Waals surface area contributed by atoms with Gasteiger partial charge in [0.15, 0.2) is 0 Å². The van der Waals surface area contributed by atoms with Crippen molar-refractivity contribution >= 4 is 0 Å². The fourth-order valence-corrected chi connectivity index (χ4v) is 2.35. The van der Waals surface area contributed by atoms with E-state index in [0.29, 0.717) is 5.92 Å². The SMILES string of the molecule is CCCNCC(CCCC(C)C)c1ccc(F)cc1. The third kappa shape index (κ3) is 6.72. The first kappa shape index (κ1) is 16.2. The molecule has 0 aliphatic carbocycles. The molecule has 108 valence electrons. The summed E-state index contributed by atoms with van der Waals surface area (Å²) in [6.07, 6.45) is 4.85. The van der Waals surface area contributed by atoms with Gasteiger partial charge >= 0.3 is 0 Å². The van der Waals surface area contributed by atoms with E-state index in [9.17, 15) is 4.39 Å². The van der Waals surface area contributed by atoms with Crippen LogP contribution in [0.3, 0.4) is 0 Å². The minimum absolute atomic E-state index is 0.147. The maximum absolute atomic E-state index is 13.0. The second kappa shape index (κ2) is 9.08. The van der Waals surface area contributed by atoms with E-state index in [-0.39, 0.29) is 5.82 Å². The fourth-order valence-electron chi connectivity index (χ4n) is 2.35. The van der Waals surface area contributed by atoms with Gasteiger partial charge in [-0.2, -0.15) is 0 Å². The number of rotatable bonds is 9. The van der Waals surface area contributed by atoms with Crippen LogP contribution < -0.4 is 5.32 Å². The minimum Gasteiger partial charge on any atom is -0.316 e. The molecular weight excluding hydrogens is 237 g/mol. The average Bonchev–Trinajstić information content (AvgIpc) is 2.38.